The SMILES string of the molecule is COc1ccc(NS(=O)(=O)c2ccc(NC(=O)CN(c3cccc(C)c3)S(C)(=O)=O)cc2)cc1. The number of carbonyl (C=O) groups excluding carboxylic acids is 1. The lowest BCUT2D eigenvalue weighted by Crippen LogP contribution is -2.37. The predicted octanol–water partition coefficient (Wildman–Crippen LogP) is 3.21. The molecule has 0 aliphatic carbocycles. The van der Waals surface area contributed by atoms with Crippen LogP contribution in [0.3, 0.4) is 0 Å². The molecule has 0 fully saturated rings. The zero-order valence-corrected chi connectivity index (χ0v) is 20.5. The predicted molar refractivity (Wildman–Crippen MR) is 132 cm³/mol. The van der Waals surface area contributed by atoms with Crippen LogP contribution in [0, 0.1) is 6.92 Å². The van der Waals surface area contributed by atoms with Gasteiger partial charge in [0.15, 0.2) is 0 Å². The summed E-state index contributed by atoms with van der Waals surface area (Å²) in [6, 6.07) is 18.8. The van der Waals surface area contributed by atoms with Crippen LogP contribution < -0.4 is 19.1 Å². The number of nitrogens with one attached hydrogen (secondary N) is 2. The monoisotopic (exact) mass is 503 g/mol. The second-order valence-corrected chi connectivity index (χ2v) is 11.1. The molecule has 0 heterocycles. The van der Waals surface area contributed by atoms with E-state index in [0.29, 0.717) is 22.8 Å². The number of carbonyl (C=O) groups is 1. The molecule has 3 aromatic carbocycles. The van der Waals surface area contributed by atoms with Gasteiger partial charge >= 0.3 is 0 Å². The van der Waals surface area contributed by atoms with Gasteiger partial charge in [0.2, 0.25) is 15.9 Å². The first-order chi connectivity index (χ1) is 16.0. The number of methoxy groups -OCH3 is 1. The Kier molecular flexibility index (Phi) is 7.48. The Morgan fingerprint density at radius 1 is 0.912 bits per heavy atom. The lowest BCUT2D eigenvalue weighted by atomic mass is 10.2. The van der Waals surface area contributed by atoms with Crippen LogP contribution >= 0.6 is 0 Å². The highest BCUT2D eigenvalue weighted by atomic mass is 32.2. The highest BCUT2D eigenvalue weighted by molar-refractivity contribution is 7.92. The summed E-state index contributed by atoms with van der Waals surface area (Å²) in [7, 11) is -6.04. The van der Waals surface area contributed by atoms with Gasteiger partial charge in [0.05, 0.1) is 23.9 Å². The van der Waals surface area contributed by atoms with E-state index >= 15 is 0 Å². The fourth-order valence-electron chi connectivity index (χ4n) is 3.10. The third-order valence-electron chi connectivity index (χ3n) is 4.77. The molecule has 0 radical (unpaired) electrons. The third kappa shape index (κ3) is 6.49. The second-order valence-electron chi connectivity index (χ2n) is 7.52. The van der Waals surface area contributed by atoms with E-state index in [4.69, 9.17) is 4.74 Å². The van der Waals surface area contributed by atoms with Crippen molar-refractivity contribution in [2.24, 2.45) is 0 Å². The molecule has 3 rings (SSSR count). The molecule has 0 spiro atoms. The number of hydrogen-bond acceptors (Lipinski definition) is 6. The van der Waals surface area contributed by atoms with Gasteiger partial charge in [-0.05, 0) is 73.2 Å². The Bertz CT molecular complexity index is 1370. The topological polar surface area (TPSA) is 122 Å². The molecule has 180 valence electrons. The van der Waals surface area contributed by atoms with Crippen LogP contribution in [0.2, 0.25) is 0 Å². The molecule has 0 aliphatic heterocycles. The first-order valence-corrected chi connectivity index (χ1v) is 13.4. The molecule has 0 saturated carbocycles. The highest BCUT2D eigenvalue weighted by Gasteiger charge is 2.21. The molecule has 0 aliphatic rings. The van der Waals surface area contributed by atoms with Crippen LogP contribution in [0.15, 0.2) is 77.7 Å². The summed E-state index contributed by atoms with van der Waals surface area (Å²) >= 11 is 0. The molecule has 0 saturated heterocycles. The summed E-state index contributed by atoms with van der Waals surface area (Å²) in [5, 5.41) is 2.60. The van der Waals surface area contributed by atoms with Crippen molar-refractivity contribution >= 4 is 43.0 Å². The van der Waals surface area contributed by atoms with E-state index in [1.54, 1.807) is 42.5 Å². The normalized spacial score (nSPS) is 11.5. The van der Waals surface area contributed by atoms with Crippen LogP contribution in [-0.2, 0) is 24.8 Å². The van der Waals surface area contributed by atoms with Crippen molar-refractivity contribution in [2.45, 2.75) is 11.8 Å². The van der Waals surface area contributed by atoms with Gasteiger partial charge in [-0.1, -0.05) is 12.1 Å². The van der Waals surface area contributed by atoms with Crippen molar-refractivity contribution < 1.29 is 26.4 Å². The van der Waals surface area contributed by atoms with Gasteiger partial charge in [-0.2, -0.15) is 0 Å². The molecule has 0 bridgehead atoms. The number of amides is 1. The number of sulfonamides is 2. The van der Waals surface area contributed by atoms with E-state index in [-0.39, 0.29) is 4.90 Å². The average Bonchev–Trinajstić information content (AvgIpc) is 2.77. The van der Waals surface area contributed by atoms with Crippen molar-refractivity contribution in [1.29, 1.82) is 0 Å². The van der Waals surface area contributed by atoms with Crippen LogP contribution in [-0.4, -0.2) is 42.7 Å². The first kappa shape index (κ1) is 25.1. The lowest BCUT2D eigenvalue weighted by molar-refractivity contribution is -0.114. The maximum atomic E-state index is 12.6. The summed E-state index contributed by atoms with van der Waals surface area (Å²) in [6.07, 6.45) is 1.03. The minimum Gasteiger partial charge on any atom is -0.497 e. The van der Waals surface area contributed by atoms with Gasteiger partial charge in [-0.3, -0.25) is 13.8 Å². The zero-order chi connectivity index (χ0) is 24.9. The molecule has 11 heteroatoms. The second kappa shape index (κ2) is 10.1. The minimum absolute atomic E-state index is 0.00107. The smallest absolute Gasteiger partial charge is 0.261 e. The summed E-state index contributed by atoms with van der Waals surface area (Å²) in [5.41, 5.74) is 1.93. The van der Waals surface area contributed by atoms with Gasteiger partial charge in [-0.25, -0.2) is 16.8 Å². The maximum Gasteiger partial charge on any atom is 0.261 e. The summed E-state index contributed by atoms with van der Waals surface area (Å²) in [5.74, 6) is 0.0266. The van der Waals surface area contributed by atoms with E-state index in [1.807, 2.05) is 13.0 Å². The lowest BCUT2D eigenvalue weighted by Gasteiger charge is -2.22. The number of hydrogen-bond donors (Lipinski definition) is 2. The highest BCUT2D eigenvalue weighted by Crippen LogP contribution is 2.22. The van der Waals surface area contributed by atoms with Gasteiger partial charge in [0, 0.05) is 11.4 Å². The van der Waals surface area contributed by atoms with Crippen molar-refractivity contribution in [3.8, 4) is 5.75 Å². The number of rotatable bonds is 9. The van der Waals surface area contributed by atoms with Crippen LogP contribution in [0.5, 0.6) is 5.75 Å². The minimum atomic E-state index is -3.85. The first-order valence-electron chi connectivity index (χ1n) is 10.1. The van der Waals surface area contributed by atoms with Gasteiger partial charge in [0.1, 0.15) is 12.3 Å². The van der Waals surface area contributed by atoms with Crippen molar-refractivity contribution in [1.82, 2.24) is 0 Å². The number of benzene rings is 3. The van der Waals surface area contributed by atoms with Crippen LogP contribution in [0.1, 0.15) is 5.56 Å². The van der Waals surface area contributed by atoms with E-state index in [9.17, 15) is 21.6 Å². The van der Waals surface area contributed by atoms with E-state index in [2.05, 4.69) is 10.0 Å². The Morgan fingerprint density at radius 2 is 1.53 bits per heavy atom. The number of anilines is 3. The van der Waals surface area contributed by atoms with E-state index in [0.717, 1.165) is 16.1 Å². The fourth-order valence-corrected chi connectivity index (χ4v) is 5.01. The number of aryl methyl sites for hydroxylation is 1. The number of nitrogens with zero attached hydrogens (tertiary/aromatic N) is 1. The molecule has 2 N–H and O–H groups in total. The molecular weight excluding hydrogens is 478 g/mol. The summed E-state index contributed by atoms with van der Waals surface area (Å²) < 4.78 is 58.3. The van der Waals surface area contributed by atoms with Crippen molar-refractivity contribution in [3.63, 3.8) is 0 Å². The zero-order valence-electron chi connectivity index (χ0n) is 18.8. The Morgan fingerprint density at radius 3 is 2.09 bits per heavy atom. The molecule has 0 atom stereocenters. The van der Waals surface area contributed by atoms with Gasteiger partial charge in [-0.15, -0.1) is 0 Å². The summed E-state index contributed by atoms with van der Waals surface area (Å²) in [6.45, 7) is 1.39. The van der Waals surface area contributed by atoms with Crippen molar-refractivity contribution in [3.05, 3.63) is 78.4 Å². The largest absolute Gasteiger partial charge is 0.497 e. The van der Waals surface area contributed by atoms with Crippen LogP contribution in [0.4, 0.5) is 17.1 Å². The molecule has 0 unspecified atom stereocenters. The fraction of sp³-hybridized carbons (Fsp3) is 0.174. The molecule has 0 aromatic heterocycles. The molecule has 9 nitrogen and oxygen atoms in total. The standard InChI is InChI=1S/C23H25N3O6S2/c1-17-5-4-6-20(15-17)26(33(3,28)29)16-23(27)24-18-9-13-22(14-10-18)34(30,31)25-19-7-11-21(32-2)12-8-19/h4-15,25H,16H2,1-3H3,(H,24,27). The third-order valence-corrected chi connectivity index (χ3v) is 7.31. The molecule has 3 aromatic rings. The Balaban J connectivity index is 1.69. The maximum absolute atomic E-state index is 12.6. The summed E-state index contributed by atoms with van der Waals surface area (Å²) in [4.78, 5) is 12.5. The quantitative estimate of drug-likeness (QED) is 0.462. The Hall–Kier alpha value is -3.57. The van der Waals surface area contributed by atoms with Gasteiger partial charge in [0.25, 0.3) is 10.0 Å². The van der Waals surface area contributed by atoms with Gasteiger partial charge < -0.3 is 10.1 Å². The molecule has 34 heavy (non-hydrogen) atoms. The van der Waals surface area contributed by atoms with Crippen molar-refractivity contribution in [2.75, 3.05) is 34.3 Å². The number of ether oxygens (including phenoxy) is 1. The molecule has 1 amide bonds. The van der Waals surface area contributed by atoms with E-state index in [1.165, 1.54) is 31.4 Å². The molecular formula is C23H25N3O6S2. The van der Waals surface area contributed by atoms with Crippen LogP contribution in [0.25, 0.3) is 0 Å². The average molecular weight is 504 g/mol. The Labute approximate surface area is 199 Å². The van der Waals surface area contributed by atoms with E-state index < -0.39 is 32.5 Å².